The molecule has 7 heteroatoms. The fraction of sp³-hybridized carbons (Fsp3) is 0.519. The third-order valence-electron chi connectivity index (χ3n) is 8.07. The Balaban J connectivity index is 1.46. The highest BCUT2D eigenvalue weighted by molar-refractivity contribution is 5.98. The molecular weight excluding hydrogens is 426 g/mol. The number of rotatable bonds is 5. The molecule has 3 heterocycles. The van der Waals surface area contributed by atoms with Crippen LogP contribution in [-0.2, 0) is 0 Å². The van der Waals surface area contributed by atoms with Crippen molar-refractivity contribution in [2.24, 2.45) is 0 Å². The molecule has 1 aliphatic heterocycles. The van der Waals surface area contributed by atoms with Crippen molar-refractivity contribution in [3.63, 3.8) is 0 Å². The summed E-state index contributed by atoms with van der Waals surface area (Å²) in [7, 11) is 0. The van der Waals surface area contributed by atoms with Crippen LogP contribution in [0.2, 0.25) is 0 Å². The summed E-state index contributed by atoms with van der Waals surface area (Å²) in [6, 6.07) is 12.5. The number of benzene rings is 1. The molecule has 178 valence electrons. The number of pyridine rings is 1. The first-order chi connectivity index (χ1) is 16.7. The maximum Gasteiger partial charge on any atom is 0.354 e. The number of hydrogen-bond acceptors (Lipinski definition) is 5. The summed E-state index contributed by atoms with van der Waals surface area (Å²) in [4.78, 5) is 21.8. The van der Waals surface area contributed by atoms with Crippen LogP contribution in [0.15, 0.2) is 36.4 Å². The number of fused-ring (bicyclic) bond motifs is 1. The van der Waals surface area contributed by atoms with Gasteiger partial charge in [-0.25, -0.2) is 14.5 Å². The van der Waals surface area contributed by atoms with E-state index in [2.05, 4.69) is 14.8 Å². The van der Waals surface area contributed by atoms with Crippen molar-refractivity contribution < 1.29 is 9.90 Å². The van der Waals surface area contributed by atoms with Crippen molar-refractivity contribution in [1.29, 1.82) is 0 Å². The van der Waals surface area contributed by atoms with Crippen LogP contribution in [-0.4, -0.2) is 63.0 Å². The number of hydrogen-bond donors (Lipinski definition) is 1. The number of para-hydroxylation sites is 1. The molecule has 3 aromatic rings. The van der Waals surface area contributed by atoms with Crippen molar-refractivity contribution in [2.45, 2.75) is 63.3 Å². The van der Waals surface area contributed by atoms with Crippen LogP contribution >= 0.6 is 0 Å². The predicted molar refractivity (Wildman–Crippen MR) is 133 cm³/mol. The van der Waals surface area contributed by atoms with E-state index >= 15 is 0 Å². The first-order valence-electron chi connectivity index (χ1n) is 12.9. The molecule has 1 N–H and O–H groups in total. The summed E-state index contributed by atoms with van der Waals surface area (Å²) in [5.74, 6) is -0.567. The molecule has 2 aliphatic carbocycles. The highest BCUT2D eigenvalue weighted by Gasteiger charge is 2.31. The van der Waals surface area contributed by atoms with E-state index in [1.165, 1.54) is 32.1 Å². The lowest BCUT2D eigenvalue weighted by Gasteiger charge is -2.29. The number of carboxylic acid groups (broad SMARTS) is 1. The van der Waals surface area contributed by atoms with Crippen LogP contribution in [0.1, 0.15) is 73.5 Å². The molecule has 1 aromatic carbocycles. The quantitative estimate of drug-likeness (QED) is 0.588. The standard InChI is InChI=1S/C27H33N5O2/c33-27(34)22-18-23(31-15-7-14-30(16-17-31)20-10-4-5-11-20)24-25(19-8-6-9-19)29-32(26(24)28-22)21-12-2-1-3-13-21/h1-3,12-13,18-20H,4-11,14-17H2,(H,33,34). The normalized spacial score (nSPS) is 20.5. The van der Waals surface area contributed by atoms with Crippen LogP contribution in [0.4, 0.5) is 5.69 Å². The first-order valence-corrected chi connectivity index (χ1v) is 12.9. The maximum atomic E-state index is 12.1. The molecule has 0 amide bonds. The smallest absolute Gasteiger partial charge is 0.354 e. The van der Waals surface area contributed by atoms with E-state index in [1.807, 2.05) is 35.0 Å². The van der Waals surface area contributed by atoms with E-state index in [1.54, 1.807) is 6.07 Å². The van der Waals surface area contributed by atoms with Gasteiger partial charge in [-0.05, 0) is 50.3 Å². The van der Waals surface area contributed by atoms with Gasteiger partial charge >= 0.3 is 5.97 Å². The Morgan fingerprint density at radius 1 is 0.912 bits per heavy atom. The summed E-state index contributed by atoms with van der Waals surface area (Å²) in [5, 5.41) is 16.0. The molecule has 0 radical (unpaired) electrons. The van der Waals surface area contributed by atoms with E-state index in [9.17, 15) is 9.90 Å². The Kier molecular flexibility index (Phi) is 5.73. The number of nitrogens with zero attached hydrogens (tertiary/aromatic N) is 5. The van der Waals surface area contributed by atoms with Crippen molar-refractivity contribution >= 4 is 22.7 Å². The van der Waals surface area contributed by atoms with Gasteiger partial charge in [0.2, 0.25) is 0 Å². The third-order valence-corrected chi connectivity index (χ3v) is 8.07. The number of carbonyl (C=O) groups is 1. The summed E-state index contributed by atoms with van der Waals surface area (Å²) < 4.78 is 1.86. The predicted octanol–water partition coefficient (Wildman–Crippen LogP) is 4.84. The van der Waals surface area contributed by atoms with Gasteiger partial charge in [-0.3, -0.25) is 4.90 Å². The summed E-state index contributed by atoms with van der Waals surface area (Å²) in [6.45, 7) is 4.00. The van der Waals surface area contributed by atoms with E-state index < -0.39 is 5.97 Å². The molecule has 1 saturated heterocycles. The number of aromatic carboxylic acids is 1. The molecular formula is C27H33N5O2. The average molecular weight is 460 g/mol. The Hall–Kier alpha value is -2.93. The first kappa shape index (κ1) is 21.6. The van der Waals surface area contributed by atoms with Gasteiger partial charge < -0.3 is 10.0 Å². The second kappa shape index (κ2) is 9.02. The van der Waals surface area contributed by atoms with Crippen molar-refractivity contribution in [3.8, 4) is 5.69 Å². The highest BCUT2D eigenvalue weighted by atomic mass is 16.4. The van der Waals surface area contributed by atoms with Gasteiger partial charge in [0.15, 0.2) is 11.3 Å². The zero-order valence-electron chi connectivity index (χ0n) is 19.7. The summed E-state index contributed by atoms with van der Waals surface area (Å²) in [6.07, 6.45) is 9.92. The van der Waals surface area contributed by atoms with Crippen molar-refractivity contribution in [3.05, 3.63) is 47.8 Å². The molecule has 2 saturated carbocycles. The zero-order valence-corrected chi connectivity index (χ0v) is 19.7. The lowest BCUT2D eigenvalue weighted by Crippen LogP contribution is -2.37. The number of carboxylic acids is 1. The van der Waals surface area contributed by atoms with Crippen LogP contribution in [0.5, 0.6) is 0 Å². The SMILES string of the molecule is O=C(O)c1cc(N2CCCN(C3CCCC3)CC2)c2c(C3CCC3)nn(-c3ccccc3)c2n1. The Morgan fingerprint density at radius 2 is 1.71 bits per heavy atom. The molecule has 0 atom stereocenters. The topological polar surface area (TPSA) is 74.5 Å². The summed E-state index contributed by atoms with van der Waals surface area (Å²) in [5.41, 5.74) is 3.76. The lowest BCUT2D eigenvalue weighted by atomic mass is 9.82. The van der Waals surface area contributed by atoms with Gasteiger partial charge in [0, 0.05) is 38.1 Å². The van der Waals surface area contributed by atoms with E-state index in [0.717, 1.165) is 73.9 Å². The Labute approximate surface area is 200 Å². The number of aromatic nitrogens is 3. The molecule has 0 unspecified atom stereocenters. The highest BCUT2D eigenvalue weighted by Crippen LogP contribution is 2.43. The van der Waals surface area contributed by atoms with Gasteiger partial charge in [0.05, 0.1) is 22.5 Å². The van der Waals surface area contributed by atoms with Crippen LogP contribution < -0.4 is 4.90 Å². The fourth-order valence-electron chi connectivity index (χ4n) is 6.01. The van der Waals surface area contributed by atoms with E-state index in [0.29, 0.717) is 11.6 Å². The second-order valence-electron chi connectivity index (χ2n) is 10.1. The van der Waals surface area contributed by atoms with Crippen LogP contribution in [0.3, 0.4) is 0 Å². The lowest BCUT2D eigenvalue weighted by molar-refractivity contribution is 0.0691. The zero-order chi connectivity index (χ0) is 23.1. The average Bonchev–Trinajstić information content (AvgIpc) is 3.41. The molecule has 3 aliphatic rings. The second-order valence-corrected chi connectivity index (χ2v) is 10.1. The minimum Gasteiger partial charge on any atom is -0.477 e. The van der Waals surface area contributed by atoms with Gasteiger partial charge in [-0.15, -0.1) is 0 Å². The monoisotopic (exact) mass is 459 g/mol. The van der Waals surface area contributed by atoms with Gasteiger partial charge in [-0.1, -0.05) is 37.5 Å². The van der Waals surface area contributed by atoms with E-state index in [4.69, 9.17) is 5.10 Å². The Bertz CT molecular complexity index is 1180. The van der Waals surface area contributed by atoms with Crippen molar-refractivity contribution in [1.82, 2.24) is 19.7 Å². The molecule has 3 fully saturated rings. The van der Waals surface area contributed by atoms with E-state index in [-0.39, 0.29) is 5.69 Å². The number of anilines is 1. The summed E-state index contributed by atoms with van der Waals surface area (Å²) >= 11 is 0. The third kappa shape index (κ3) is 3.86. The van der Waals surface area contributed by atoms with Gasteiger partial charge in [0.25, 0.3) is 0 Å². The van der Waals surface area contributed by atoms with Crippen LogP contribution in [0, 0.1) is 0 Å². The maximum absolute atomic E-state index is 12.1. The molecule has 34 heavy (non-hydrogen) atoms. The molecule has 2 aromatic heterocycles. The molecule has 0 spiro atoms. The minimum absolute atomic E-state index is 0.0941. The largest absolute Gasteiger partial charge is 0.477 e. The van der Waals surface area contributed by atoms with Gasteiger partial charge in [0.1, 0.15) is 0 Å². The fourth-order valence-corrected chi connectivity index (χ4v) is 6.01. The Morgan fingerprint density at radius 3 is 2.41 bits per heavy atom. The molecule has 6 rings (SSSR count). The van der Waals surface area contributed by atoms with Crippen LogP contribution in [0.25, 0.3) is 16.7 Å². The van der Waals surface area contributed by atoms with Crippen molar-refractivity contribution in [2.75, 3.05) is 31.1 Å². The molecule has 0 bridgehead atoms. The molecule has 7 nitrogen and oxygen atoms in total. The van der Waals surface area contributed by atoms with Gasteiger partial charge in [-0.2, -0.15) is 5.10 Å². The minimum atomic E-state index is -0.989.